The Bertz CT molecular complexity index is 747. The zero-order chi connectivity index (χ0) is 17.9. The molecule has 2 fully saturated rings. The summed E-state index contributed by atoms with van der Waals surface area (Å²) in [5, 5.41) is 4.21. The second-order valence-corrected chi connectivity index (χ2v) is 7.38. The number of rotatable bonds is 4. The molecule has 1 aliphatic heterocycles. The summed E-state index contributed by atoms with van der Waals surface area (Å²) >= 11 is 0. The maximum Gasteiger partial charge on any atom is 0.292 e. The molecule has 0 N–H and O–H groups in total. The number of methoxy groups -OCH3 is 1. The van der Waals surface area contributed by atoms with Crippen LogP contribution >= 0.6 is 0 Å². The second kappa shape index (κ2) is 7.52. The van der Waals surface area contributed by atoms with Crippen LogP contribution in [0.25, 0.3) is 0 Å². The number of ether oxygens (including phenoxy) is 1. The lowest BCUT2D eigenvalue weighted by Gasteiger charge is -2.24. The van der Waals surface area contributed by atoms with Gasteiger partial charge < -0.3 is 14.2 Å². The third kappa shape index (κ3) is 3.35. The number of hydrogen-bond acceptors (Lipinski definition) is 4. The number of benzene rings is 1. The van der Waals surface area contributed by atoms with Crippen molar-refractivity contribution in [2.45, 2.75) is 56.9 Å². The molecule has 0 spiro atoms. The van der Waals surface area contributed by atoms with E-state index >= 15 is 0 Å². The van der Waals surface area contributed by atoms with Crippen LogP contribution in [0, 0.1) is 0 Å². The number of carbonyl (C=O) groups is 1. The van der Waals surface area contributed by atoms with Gasteiger partial charge in [0.25, 0.3) is 5.91 Å². The van der Waals surface area contributed by atoms with Crippen molar-refractivity contribution in [3.05, 3.63) is 47.3 Å². The number of carbonyl (C=O) groups excluding carboxylic acids is 1. The van der Waals surface area contributed by atoms with Crippen molar-refractivity contribution < 1.29 is 14.1 Å². The molecule has 0 radical (unpaired) electrons. The molecule has 2 aliphatic rings. The first kappa shape index (κ1) is 17.1. The van der Waals surface area contributed by atoms with E-state index in [1.54, 1.807) is 7.11 Å². The minimum absolute atomic E-state index is 0.0436. The van der Waals surface area contributed by atoms with Gasteiger partial charge in [-0.15, -0.1) is 0 Å². The maximum atomic E-state index is 13.0. The van der Waals surface area contributed by atoms with E-state index in [1.807, 2.05) is 35.2 Å². The molecule has 1 aromatic heterocycles. The Labute approximate surface area is 154 Å². The van der Waals surface area contributed by atoms with E-state index in [4.69, 9.17) is 9.26 Å². The summed E-state index contributed by atoms with van der Waals surface area (Å²) in [6.45, 7) is 0.759. The molecule has 4 rings (SSSR count). The van der Waals surface area contributed by atoms with Crippen molar-refractivity contribution >= 4 is 5.91 Å². The average molecular weight is 354 g/mol. The molecule has 2 heterocycles. The van der Waals surface area contributed by atoms with Gasteiger partial charge >= 0.3 is 0 Å². The lowest BCUT2D eigenvalue weighted by atomic mass is 9.87. The number of likely N-dealkylation sites (tertiary alicyclic amines) is 1. The van der Waals surface area contributed by atoms with Crippen LogP contribution in [0.3, 0.4) is 0 Å². The topological polar surface area (TPSA) is 55.6 Å². The smallest absolute Gasteiger partial charge is 0.292 e. The Kier molecular flexibility index (Phi) is 4.96. The summed E-state index contributed by atoms with van der Waals surface area (Å²) in [4.78, 5) is 14.9. The predicted molar refractivity (Wildman–Crippen MR) is 98.3 cm³/mol. The molecule has 138 valence electrons. The first-order valence-electron chi connectivity index (χ1n) is 9.68. The van der Waals surface area contributed by atoms with Crippen LogP contribution in [-0.4, -0.2) is 29.6 Å². The van der Waals surface area contributed by atoms with Gasteiger partial charge in [-0.1, -0.05) is 36.6 Å². The Hall–Kier alpha value is -2.30. The molecule has 1 atom stereocenters. The fourth-order valence-electron chi connectivity index (χ4n) is 4.30. The van der Waals surface area contributed by atoms with Crippen molar-refractivity contribution in [2.75, 3.05) is 13.7 Å². The molecule has 0 bridgehead atoms. The van der Waals surface area contributed by atoms with Crippen LogP contribution in [0.1, 0.15) is 78.7 Å². The molecule has 1 amide bonds. The van der Waals surface area contributed by atoms with Gasteiger partial charge in [0.05, 0.1) is 18.8 Å². The highest BCUT2D eigenvalue weighted by Gasteiger charge is 2.33. The highest BCUT2D eigenvalue weighted by Crippen LogP contribution is 2.35. The molecule has 1 saturated heterocycles. The van der Waals surface area contributed by atoms with Crippen molar-refractivity contribution in [2.24, 2.45) is 0 Å². The molecule has 1 saturated carbocycles. The highest BCUT2D eigenvalue weighted by molar-refractivity contribution is 5.92. The van der Waals surface area contributed by atoms with Gasteiger partial charge in [0.15, 0.2) is 0 Å². The first-order valence-corrected chi connectivity index (χ1v) is 9.68. The highest BCUT2D eigenvalue weighted by atomic mass is 16.5. The predicted octanol–water partition coefficient (Wildman–Crippen LogP) is 4.71. The van der Waals surface area contributed by atoms with Gasteiger partial charge in [0.1, 0.15) is 5.75 Å². The number of aromatic nitrogens is 1. The zero-order valence-corrected chi connectivity index (χ0v) is 15.3. The molecule has 1 aromatic carbocycles. The largest absolute Gasteiger partial charge is 0.497 e. The van der Waals surface area contributed by atoms with Crippen LogP contribution < -0.4 is 4.74 Å². The van der Waals surface area contributed by atoms with Crippen molar-refractivity contribution in [1.29, 1.82) is 0 Å². The van der Waals surface area contributed by atoms with Crippen molar-refractivity contribution in [3.63, 3.8) is 0 Å². The Morgan fingerprint density at radius 1 is 1.12 bits per heavy atom. The normalized spacial score (nSPS) is 21.1. The Balaban J connectivity index is 1.50. The molecule has 5 nitrogen and oxygen atoms in total. The van der Waals surface area contributed by atoms with E-state index in [0.717, 1.165) is 49.2 Å². The molecular weight excluding hydrogens is 328 g/mol. The van der Waals surface area contributed by atoms with Gasteiger partial charge in [-0.2, -0.15) is 0 Å². The van der Waals surface area contributed by atoms with E-state index in [2.05, 4.69) is 5.16 Å². The van der Waals surface area contributed by atoms with Crippen molar-refractivity contribution in [1.82, 2.24) is 10.1 Å². The minimum Gasteiger partial charge on any atom is -0.497 e. The quantitative estimate of drug-likeness (QED) is 0.798. The Morgan fingerprint density at radius 2 is 1.88 bits per heavy atom. The van der Waals surface area contributed by atoms with Gasteiger partial charge in [-0.05, 0) is 43.4 Å². The monoisotopic (exact) mass is 354 g/mol. The average Bonchev–Trinajstić information content (AvgIpc) is 3.38. The summed E-state index contributed by atoms with van der Waals surface area (Å²) in [7, 11) is 1.66. The summed E-state index contributed by atoms with van der Waals surface area (Å²) in [6.07, 6.45) is 8.07. The van der Waals surface area contributed by atoms with E-state index in [1.165, 1.54) is 19.3 Å². The van der Waals surface area contributed by atoms with Crippen molar-refractivity contribution in [3.8, 4) is 5.75 Å². The van der Waals surface area contributed by atoms with E-state index in [9.17, 15) is 4.79 Å². The minimum atomic E-state index is -0.0436. The van der Waals surface area contributed by atoms with Gasteiger partial charge in [0.2, 0.25) is 5.76 Å². The lowest BCUT2D eigenvalue weighted by molar-refractivity contribution is 0.0693. The molecule has 1 aliphatic carbocycles. The third-order valence-electron chi connectivity index (χ3n) is 5.78. The van der Waals surface area contributed by atoms with E-state index in [0.29, 0.717) is 11.7 Å². The standard InChI is InChI=1S/C21H26N2O3/c1-25-17-11-9-16(10-12-17)19-8-5-13-23(19)21(24)20-14-18(22-26-20)15-6-3-2-4-7-15/h9-12,14-15,19H,2-8,13H2,1H3/t19-/m1/s1. The fraction of sp³-hybridized carbons (Fsp3) is 0.524. The molecule has 0 unspecified atom stereocenters. The SMILES string of the molecule is COc1ccc([C@H]2CCCN2C(=O)c2cc(C3CCCCC3)no2)cc1. The van der Waals surface area contributed by atoms with E-state index < -0.39 is 0 Å². The third-order valence-corrected chi connectivity index (χ3v) is 5.78. The van der Waals surface area contributed by atoms with Crippen LogP contribution in [0.15, 0.2) is 34.9 Å². The van der Waals surface area contributed by atoms with E-state index in [-0.39, 0.29) is 11.9 Å². The molecule has 5 heteroatoms. The van der Waals surface area contributed by atoms with Gasteiger partial charge in [0, 0.05) is 18.5 Å². The summed E-state index contributed by atoms with van der Waals surface area (Å²) in [5.41, 5.74) is 2.09. The summed E-state index contributed by atoms with van der Waals surface area (Å²) in [5.74, 6) is 1.62. The van der Waals surface area contributed by atoms with Gasteiger partial charge in [-0.25, -0.2) is 0 Å². The lowest BCUT2D eigenvalue weighted by Crippen LogP contribution is -2.30. The van der Waals surface area contributed by atoms with Crippen LogP contribution in [0.5, 0.6) is 5.75 Å². The molecule has 26 heavy (non-hydrogen) atoms. The van der Waals surface area contributed by atoms with Crippen LogP contribution in [-0.2, 0) is 0 Å². The number of hydrogen-bond donors (Lipinski definition) is 0. The van der Waals surface area contributed by atoms with Crippen LogP contribution in [0.2, 0.25) is 0 Å². The molecule has 2 aromatic rings. The maximum absolute atomic E-state index is 13.0. The summed E-state index contributed by atoms with van der Waals surface area (Å²) < 4.78 is 10.7. The molecular formula is C21H26N2O3. The summed E-state index contributed by atoms with van der Waals surface area (Å²) in [6, 6.07) is 9.96. The first-order chi connectivity index (χ1) is 12.8. The second-order valence-electron chi connectivity index (χ2n) is 7.38. The van der Waals surface area contributed by atoms with Gasteiger partial charge in [-0.3, -0.25) is 4.79 Å². The number of amides is 1. The zero-order valence-electron chi connectivity index (χ0n) is 15.3. The number of nitrogens with zero attached hydrogens (tertiary/aromatic N) is 2. The Morgan fingerprint density at radius 3 is 2.62 bits per heavy atom. The fourth-order valence-corrected chi connectivity index (χ4v) is 4.30. The van der Waals surface area contributed by atoms with Crippen LogP contribution in [0.4, 0.5) is 0 Å².